The molecule has 0 spiro atoms. The number of ether oxygens (including phenoxy) is 1. The molecule has 1 heterocycles. The van der Waals surface area contributed by atoms with Crippen LogP contribution in [0, 0.1) is 34.5 Å². The minimum Gasteiger partial charge on any atom is -0.462 e. The number of Topliss-reactive ketones (excluding diaryl/α,β-unsaturated/α-hetero) is 1. The monoisotopic (exact) mass is 375 g/mol. The molecule has 0 aromatic carbocycles. The number of carbonyl (C=O) groups is 3. The molecule has 0 bridgehead atoms. The van der Waals surface area contributed by atoms with E-state index in [1.807, 2.05) is 0 Å². The highest BCUT2D eigenvalue weighted by atomic mass is 16.5. The van der Waals surface area contributed by atoms with Crippen molar-refractivity contribution in [2.75, 3.05) is 0 Å². The first kappa shape index (κ1) is 18.9. The minimum absolute atomic E-state index is 0.0351. The van der Waals surface area contributed by atoms with Crippen molar-refractivity contribution in [3.8, 4) is 0 Å². The molecule has 4 rings (SSSR count). The van der Waals surface area contributed by atoms with Gasteiger partial charge in [-0.25, -0.2) is 0 Å². The molecule has 8 atom stereocenters. The molecule has 27 heavy (non-hydrogen) atoms. The Bertz CT molecular complexity index is 675. The summed E-state index contributed by atoms with van der Waals surface area (Å²) in [6, 6.07) is 0.174. The van der Waals surface area contributed by atoms with Gasteiger partial charge in [-0.3, -0.25) is 14.4 Å². The second-order valence-corrected chi connectivity index (χ2v) is 10.1. The number of nitrogens with one attached hydrogen (secondary N) is 1. The SMILES string of the molecule is CC(=O)O[C@@H]1C[C@]2(C)[C@@H](C(C)=O)CC[C@H]2[C@@H]2CC[C@H]3NC(=O)CC[C@]3(C)[C@H]21. The Kier molecular flexibility index (Phi) is 4.43. The maximum Gasteiger partial charge on any atom is 0.302 e. The molecule has 1 saturated heterocycles. The quantitative estimate of drug-likeness (QED) is 0.752. The third-order valence-electron chi connectivity index (χ3n) is 8.81. The normalized spacial score (nSPS) is 48.7. The number of fused-ring (bicyclic) bond motifs is 5. The second-order valence-electron chi connectivity index (χ2n) is 10.1. The summed E-state index contributed by atoms with van der Waals surface area (Å²) in [5.74, 6) is 1.53. The van der Waals surface area contributed by atoms with Crippen LogP contribution in [-0.2, 0) is 19.1 Å². The van der Waals surface area contributed by atoms with Crippen LogP contribution in [0.4, 0.5) is 0 Å². The van der Waals surface area contributed by atoms with Crippen LogP contribution in [0.15, 0.2) is 0 Å². The predicted octanol–water partition coefficient (Wildman–Crippen LogP) is 3.25. The molecular formula is C22H33NO4. The number of esters is 1. The first-order valence-electron chi connectivity index (χ1n) is 10.6. The summed E-state index contributed by atoms with van der Waals surface area (Å²) in [6.45, 7) is 7.77. The molecular weight excluding hydrogens is 342 g/mol. The van der Waals surface area contributed by atoms with Gasteiger partial charge in [0.05, 0.1) is 0 Å². The van der Waals surface area contributed by atoms with Crippen LogP contribution in [0.2, 0.25) is 0 Å². The predicted molar refractivity (Wildman–Crippen MR) is 101 cm³/mol. The summed E-state index contributed by atoms with van der Waals surface area (Å²) in [4.78, 5) is 36.3. The minimum atomic E-state index is -0.233. The second kappa shape index (κ2) is 6.31. The summed E-state index contributed by atoms with van der Waals surface area (Å²) < 4.78 is 5.94. The average molecular weight is 376 g/mol. The van der Waals surface area contributed by atoms with E-state index in [-0.39, 0.29) is 52.5 Å². The Morgan fingerprint density at radius 3 is 2.48 bits per heavy atom. The summed E-state index contributed by atoms with van der Waals surface area (Å²) in [5, 5.41) is 3.23. The number of hydrogen-bond donors (Lipinski definition) is 1. The van der Waals surface area contributed by atoms with Gasteiger partial charge in [-0.2, -0.15) is 0 Å². The molecule has 0 radical (unpaired) electrons. The van der Waals surface area contributed by atoms with Crippen molar-refractivity contribution in [2.24, 2.45) is 34.5 Å². The molecule has 4 fully saturated rings. The van der Waals surface area contributed by atoms with Gasteiger partial charge in [0.1, 0.15) is 11.9 Å². The lowest BCUT2D eigenvalue weighted by Gasteiger charge is -2.62. The Morgan fingerprint density at radius 1 is 1.07 bits per heavy atom. The molecule has 1 aliphatic heterocycles. The van der Waals surface area contributed by atoms with Gasteiger partial charge < -0.3 is 10.1 Å². The lowest BCUT2D eigenvalue weighted by molar-refractivity contribution is -0.188. The van der Waals surface area contributed by atoms with Crippen molar-refractivity contribution in [1.82, 2.24) is 5.32 Å². The van der Waals surface area contributed by atoms with Gasteiger partial charge in [-0.15, -0.1) is 0 Å². The Morgan fingerprint density at radius 2 is 1.81 bits per heavy atom. The number of rotatable bonds is 2. The topological polar surface area (TPSA) is 72.5 Å². The fourth-order valence-electron chi connectivity index (χ4n) is 7.79. The zero-order chi connectivity index (χ0) is 19.6. The van der Waals surface area contributed by atoms with Crippen molar-refractivity contribution < 1.29 is 19.1 Å². The highest BCUT2D eigenvalue weighted by molar-refractivity contribution is 5.79. The fourth-order valence-corrected chi connectivity index (χ4v) is 7.79. The van der Waals surface area contributed by atoms with Crippen LogP contribution in [0.3, 0.4) is 0 Å². The molecule has 3 aliphatic carbocycles. The van der Waals surface area contributed by atoms with E-state index in [4.69, 9.17) is 4.74 Å². The highest BCUT2D eigenvalue weighted by Crippen LogP contribution is 2.66. The van der Waals surface area contributed by atoms with E-state index < -0.39 is 0 Å². The lowest BCUT2D eigenvalue weighted by Crippen LogP contribution is -2.65. The van der Waals surface area contributed by atoms with Crippen LogP contribution in [-0.4, -0.2) is 29.8 Å². The van der Waals surface area contributed by atoms with Crippen LogP contribution in [0.25, 0.3) is 0 Å². The van der Waals surface area contributed by atoms with Gasteiger partial charge in [0.2, 0.25) is 5.91 Å². The van der Waals surface area contributed by atoms with Gasteiger partial charge in [0, 0.05) is 31.2 Å². The van der Waals surface area contributed by atoms with Crippen LogP contribution < -0.4 is 5.32 Å². The summed E-state index contributed by atoms with van der Waals surface area (Å²) in [5.41, 5.74) is -0.110. The standard InChI is InChI=1S/C22H33NO4/c1-12(24)15-6-7-16-14-5-8-18-21(3,10-9-19(26)23-18)20(14)17(27-13(2)25)11-22(15,16)4/h14-18,20H,5-11H2,1-4H3,(H,23,26)/t14-,15+,16-,17+,18+,20+,21-,22+/m0/s1. The van der Waals surface area contributed by atoms with Crippen LogP contribution >= 0.6 is 0 Å². The number of amides is 1. The van der Waals surface area contributed by atoms with Crippen molar-refractivity contribution >= 4 is 17.7 Å². The summed E-state index contributed by atoms with van der Waals surface area (Å²) in [6.07, 6.45) is 6.14. The molecule has 5 heteroatoms. The Labute approximate surface area is 162 Å². The largest absolute Gasteiger partial charge is 0.462 e. The van der Waals surface area contributed by atoms with Gasteiger partial charge in [0.25, 0.3) is 0 Å². The molecule has 150 valence electrons. The summed E-state index contributed by atoms with van der Waals surface area (Å²) in [7, 11) is 0. The third kappa shape index (κ3) is 2.75. The zero-order valence-corrected chi connectivity index (χ0v) is 17.0. The molecule has 3 saturated carbocycles. The fraction of sp³-hybridized carbons (Fsp3) is 0.864. The maximum absolute atomic E-state index is 12.4. The molecule has 0 aromatic rings. The smallest absolute Gasteiger partial charge is 0.302 e. The zero-order valence-electron chi connectivity index (χ0n) is 17.0. The molecule has 1 N–H and O–H groups in total. The van der Waals surface area contributed by atoms with Crippen molar-refractivity contribution in [3.63, 3.8) is 0 Å². The van der Waals surface area contributed by atoms with E-state index in [9.17, 15) is 14.4 Å². The average Bonchev–Trinajstić information content (AvgIpc) is 2.91. The van der Waals surface area contributed by atoms with Gasteiger partial charge in [0.15, 0.2) is 0 Å². The lowest BCUT2D eigenvalue weighted by atomic mass is 9.46. The van der Waals surface area contributed by atoms with Crippen molar-refractivity contribution in [3.05, 3.63) is 0 Å². The summed E-state index contributed by atoms with van der Waals surface area (Å²) >= 11 is 0. The number of ketones is 1. The van der Waals surface area contributed by atoms with Crippen molar-refractivity contribution in [2.45, 2.75) is 84.8 Å². The first-order chi connectivity index (χ1) is 12.7. The van der Waals surface area contributed by atoms with Gasteiger partial charge in [-0.05, 0) is 68.1 Å². The Balaban J connectivity index is 1.73. The van der Waals surface area contributed by atoms with Crippen molar-refractivity contribution in [1.29, 1.82) is 0 Å². The Hall–Kier alpha value is -1.39. The van der Waals surface area contributed by atoms with Crippen LogP contribution in [0.1, 0.15) is 72.6 Å². The van der Waals surface area contributed by atoms with E-state index in [1.165, 1.54) is 6.92 Å². The van der Waals surface area contributed by atoms with Crippen LogP contribution in [0.5, 0.6) is 0 Å². The number of hydrogen-bond acceptors (Lipinski definition) is 4. The first-order valence-corrected chi connectivity index (χ1v) is 10.6. The highest BCUT2D eigenvalue weighted by Gasteiger charge is 2.64. The maximum atomic E-state index is 12.4. The number of piperidine rings is 1. The molecule has 1 amide bonds. The van der Waals surface area contributed by atoms with E-state index >= 15 is 0 Å². The molecule has 5 nitrogen and oxygen atoms in total. The number of carbonyl (C=O) groups excluding carboxylic acids is 3. The molecule has 0 unspecified atom stereocenters. The van der Waals surface area contributed by atoms with E-state index in [0.29, 0.717) is 18.3 Å². The third-order valence-corrected chi connectivity index (χ3v) is 8.81. The van der Waals surface area contributed by atoms with Gasteiger partial charge >= 0.3 is 5.97 Å². The van der Waals surface area contributed by atoms with Gasteiger partial charge in [-0.1, -0.05) is 13.8 Å². The van der Waals surface area contributed by atoms with E-state index in [2.05, 4.69) is 19.2 Å². The molecule has 4 aliphatic rings. The van der Waals surface area contributed by atoms with E-state index in [1.54, 1.807) is 6.92 Å². The van der Waals surface area contributed by atoms with E-state index in [0.717, 1.165) is 38.5 Å². The molecule has 0 aromatic heterocycles.